The number of hydrogen-bond donors (Lipinski definition) is 2. The molecule has 1 aliphatic rings. The van der Waals surface area contributed by atoms with Gasteiger partial charge in [0.25, 0.3) is 5.91 Å². The van der Waals surface area contributed by atoms with Crippen molar-refractivity contribution in [3.05, 3.63) is 34.2 Å². The lowest BCUT2D eigenvalue weighted by Gasteiger charge is -2.35. The average molecular weight is 418 g/mol. The molecule has 0 saturated carbocycles. The van der Waals surface area contributed by atoms with Gasteiger partial charge in [-0.3, -0.25) is 14.4 Å². The molecular formula is C18H22N6O4S. The maximum atomic E-state index is 12.6. The summed E-state index contributed by atoms with van der Waals surface area (Å²) in [7, 11) is 0. The van der Waals surface area contributed by atoms with Gasteiger partial charge in [0.05, 0.1) is 17.5 Å². The van der Waals surface area contributed by atoms with Gasteiger partial charge >= 0.3 is 0 Å². The van der Waals surface area contributed by atoms with E-state index in [1.54, 1.807) is 17.9 Å². The quantitative estimate of drug-likeness (QED) is 0.613. The first kappa shape index (κ1) is 20.8. The fourth-order valence-corrected chi connectivity index (χ4v) is 3.71. The van der Waals surface area contributed by atoms with E-state index in [0.29, 0.717) is 41.9 Å². The highest BCUT2D eigenvalue weighted by Crippen LogP contribution is 2.19. The minimum atomic E-state index is -0.360. The average Bonchev–Trinajstić information content (AvgIpc) is 3.24. The Morgan fingerprint density at radius 3 is 2.69 bits per heavy atom. The molecule has 0 aromatic carbocycles. The molecular weight excluding hydrogens is 396 g/mol. The van der Waals surface area contributed by atoms with E-state index in [1.165, 1.54) is 23.9 Å². The number of carbonyl (C=O) groups excluding carboxylic acids is 3. The molecule has 2 N–H and O–H groups in total. The molecule has 3 heterocycles. The smallest absolute Gasteiger partial charge is 0.270 e. The van der Waals surface area contributed by atoms with E-state index in [0.717, 1.165) is 6.29 Å². The molecule has 1 saturated heterocycles. The Labute approximate surface area is 171 Å². The summed E-state index contributed by atoms with van der Waals surface area (Å²) in [6.07, 6.45) is 3.67. The number of hydrogen-bond acceptors (Lipinski definition) is 9. The summed E-state index contributed by atoms with van der Waals surface area (Å²) in [5.41, 5.74) is 0.229. The predicted molar refractivity (Wildman–Crippen MR) is 106 cm³/mol. The molecule has 1 unspecified atom stereocenters. The third-order valence-corrected chi connectivity index (χ3v) is 5.65. The fourth-order valence-electron chi connectivity index (χ4n) is 2.97. The van der Waals surface area contributed by atoms with Gasteiger partial charge in [0.1, 0.15) is 22.8 Å². The van der Waals surface area contributed by atoms with Crippen LogP contribution in [0.25, 0.3) is 0 Å². The van der Waals surface area contributed by atoms with Crippen molar-refractivity contribution in [2.45, 2.75) is 19.4 Å². The zero-order valence-electron chi connectivity index (χ0n) is 15.9. The van der Waals surface area contributed by atoms with Crippen molar-refractivity contribution < 1.29 is 19.5 Å². The highest BCUT2D eigenvalue weighted by molar-refractivity contribution is 7.13. The minimum absolute atomic E-state index is 0.0659. The first-order chi connectivity index (χ1) is 14.0. The van der Waals surface area contributed by atoms with E-state index < -0.39 is 0 Å². The van der Waals surface area contributed by atoms with Crippen molar-refractivity contribution in [3.63, 3.8) is 0 Å². The summed E-state index contributed by atoms with van der Waals surface area (Å²) in [6.45, 7) is 3.86. The summed E-state index contributed by atoms with van der Waals surface area (Å²) in [5, 5.41) is 12.4. The highest BCUT2D eigenvalue weighted by atomic mass is 32.1. The molecule has 0 aliphatic carbocycles. The van der Waals surface area contributed by atoms with Gasteiger partial charge in [0.15, 0.2) is 6.29 Å². The minimum Gasteiger partial charge on any atom is -0.396 e. The summed E-state index contributed by atoms with van der Waals surface area (Å²) < 4.78 is 0. The van der Waals surface area contributed by atoms with Crippen LogP contribution in [0.3, 0.4) is 0 Å². The van der Waals surface area contributed by atoms with Gasteiger partial charge in [0, 0.05) is 44.9 Å². The molecule has 10 nitrogen and oxygen atoms in total. The molecule has 0 spiro atoms. The largest absolute Gasteiger partial charge is 0.396 e. The zero-order chi connectivity index (χ0) is 20.8. The van der Waals surface area contributed by atoms with Crippen LogP contribution in [0, 0.1) is 0 Å². The van der Waals surface area contributed by atoms with E-state index in [9.17, 15) is 14.4 Å². The standard InChI is InChI=1S/C18H22N6O4S/c1-12(18-19-9-13(10-26)29-18)22-17(28)14-8-15(21-11-20-14)23-3-5-24(6-4-23)16(27)2-7-25/h8-12,25H,2-7H2,1H3,(H,22,28). The number of aromatic nitrogens is 3. The van der Waals surface area contributed by atoms with Crippen LogP contribution in [-0.2, 0) is 4.79 Å². The maximum Gasteiger partial charge on any atom is 0.270 e. The molecule has 1 fully saturated rings. The molecule has 2 aromatic heterocycles. The van der Waals surface area contributed by atoms with Gasteiger partial charge < -0.3 is 20.2 Å². The van der Waals surface area contributed by atoms with Crippen LogP contribution in [-0.4, -0.2) is 75.8 Å². The zero-order valence-corrected chi connectivity index (χ0v) is 16.8. The molecule has 2 aromatic rings. The summed E-state index contributed by atoms with van der Waals surface area (Å²) in [6, 6.07) is 1.26. The van der Waals surface area contributed by atoms with E-state index in [1.807, 2.05) is 4.90 Å². The van der Waals surface area contributed by atoms with Crippen LogP contribution < -0.4 is 10.2 Å². The maximum absolute atomic E-state index is 12.6. The summed E-state index contributed by atoms with van der Waals surface area (Å²) in [4.78, 5) is 51.9. The number of nitrogens with one attached hydrogen (secondary N) is 1. The summed E-state index contributed by atoms with van der Waals surface area (Å²) in [5.74, 6) is 0.189. The lowest BCUT2D eigenvalue weighted by Crippen LogP contribution is -2.49. The Kier molecular flexibility index (Phi) is 6.83. The van der Waals surface area contributed by atoms with E-state index >= 15 is 0 Å². The second kappa shape index (κ2) is 9.52. The van der Waals surface area contributed by atoms with Gasteiger partial charge in [-0.1, -0.05) is 0 Å². The third kappa shape index (κ3) is 5.12. The van der Waals surface area contributed by atoms with Crippen LogP contribution in [0.1, 0.15) is 44.6 Å². The van der Waals surface area contributed by atoms with Gasteiger partial charge in [-0.25, -0.2) is 15.0 Å². The SMILES string of the molecule is CC(NC(=O)c1cc(N2CCN(C(=O)CCO)CC2)ncn1)c1ncc(C=O)s1. The fraction of sp³-hybridized carbons (Fsp3) is 0.444. The van der Waals surface area contributed by atoms with Crippen molar-refractivity contribution in [1.29, 1.82) is 0 Å². The van der Waals surface area contributed by atoms with E-state index in [2.05, 4.69) is 20.3 Å². The Balaban J connectivity index is 1.61. The number of nitrogens with zero attached hydrogens (tertiary/aromatic N) is 5. The molecule has 29 heavy (non-hydrogen) atoms. The van der Waals surface area contributed by atoms with Crippen LogP contribution in [0.2, 0.25) is 0 Å². The number of aliphatic hydroxyl groups excluding tert-OH is 1. The number of aldehydes is 1. The molecule has 1 aliphatic heterocycles. The van der Waals surface area contributed by atoms with Crippen molar-refractivity contribution >= 4 is 35.3 Å². The van der Waals surface area contributed by atoms with Crippen molar-refractivity contribution in [2.24, 2.45) is 0 Å². The molecule has 0 radical (unpaired) electrons. The molecule has 3 rings (SSSR count). The van der Waals surface area contributed by atoms with E-state index in [4.69, 9.17) is 5.11 Å². The van der Waals surface area contributed by atoms with Gasteiger partial charge in [-0.05, 0) is 6.92 Å². The highest BCUT2D eigenvalue weighted by Gasteiger charge is 2.23. The molecule has 1 atom stereocenters. The van der Waals surface area contributed by atoms with Crippen molar-refractivity contribution in [2.75, 3.05) is 37.7 Å². The van der Waals surface area contributed by atoms with Crippen molar-refractivity contribution in [3.8, 4) is 0 Å². The molecule has 154 valence electrons. The Bertz CT molecular complexity index is 881. The Hall–Kier alpha value is -2.92. The van der Waals surface area contributed by atoms with Crippen LogP contribution in [0.4, 0.5) is 5.82 Å². The topological polar surface area (TPSA) is 129 Å². The number of carbonyl (C=O) groups is 3. The van der Waals surface area contributed by atoms with Gasteiger partial charge in [-0.2, -0.15) is 0 Å². The van der Waals surface area contributed by atoms with Crippen LogP contribution >= 0.6 is 11.3 Å². The molecule has 0 bridgehead atoms. The number of thiazole rings is 1. The number of anilines is 1. The second-order valence-corrected chi connectivity index (χ2v) is 7.61. The Morgan fingerprint density at radius 1 is 1.28 bits per heavy atom. The van der Waals surface area contributed by atoms with Gasteiger partial charge in [-0.15, -0.1) is 11.3 Å². The van der Waals surface area contributed by atoms with E-state index in [-0.39, 0.29) is 36.6 Å². The Morgan fingerprint density at radius 2 is 2.03 bits per heavy atom. The molecule has 2 amide bonds. The normalized spacial score (nSPS) is 15.1. The first-order valence-electron chi connectivity index (χ1n) is 9.19. The monoisotopic (exact) mass is 418 g/mol. The third-order valence-electron chi connectivity index (χ3n) is 4.54. The number of aliphatic hydroxyl groups is 1. The first-order valence-corrected chi connectivity index (χ1v) is 10.0. The van der Waals surface area contributed by atoms with Crippen molar-refractivity contribution in [1.82, 2.24) is 25.2 Å². The number of piperazine rings is 1. The number of rotatable bonds is 7. The summed E-state index contributed by atoms with van der Waals surface area (Å²) >= 11 is 1.23. The lowest BCUT2D eigenvalue weighted by atomic mass is 10.2. The lowest BCUT2D eigenvalue weighted by molar-refractivity contribution is -0.132. The van der Waals surface area contributed by atoms with Crippen LogP contribution in [0.5, 0.6) is 0 Å². The second-order valence-electron chi connectivity index (χ2n) is 6.52. The van der Waals surface area contributed by atoms with Gasteiger partial charge in [0.2, 0.25) is 5.91 Å². The van der Waals surface area contributed by atoms with Crippen LogP contribution in [0.15, 0.2) is 18.6 Å². The predicted octanol–water partition coefficient (Wildman–Crippen LogP) is 0.268. The number of amides is 2. The molecule has 11 heteroatoms.